The number of nitrogens with zero attached hydrogens (tertiary/aromatic N) is 1. The van der Waals surface area contributed by atoms with Gasteiger partial charge in [-0.05, 0) is 26.0 Å². The molecule has 4 heteroatoms. The van der Waals surface area contributed by atoms with Gasteiger partial charge in [0.1, 0.15) is 6.07 Å². The lowest BCUT2D eigenvalue weighted by molar-refractivity contribution is 0.162. The van der Waals surface area contributed by atoms with Gasteiger partial charge < -0.3 is 10.5 Å². The Labute approximate surface area is 81.9 Å². The third-order valence-corrected chi connectivity index (χ3v) is 1.59. The summed E-state index contributed by atoms with van der Waals surface area (Å²) in [4.78, 5) is 0. The van der Waals surface area contributed by atoms with Gasteiger partial charge in [0.25, 0.3) is 0 Å². The van der Waals surface area contributed by atoms with E-state index >= 15 is 0 Å². The lowest BCUT2D eigenvalue weighted by atomic mass is 10.1. The van der Waals surface area contributed by atoms with E-state index in [1.807, 2.05) is 6.07 Å². The van der Waals surface area contributed by atoms with Gasteiger partial charge in [-0.3, -0.25) is 0 Å². The monoisotopic (exact) mass is 194 g/mol. The molecule has 74 valence electrons. The third kappa shape index (κ3) is 2.36. The lowest BCUT2D eigenvalue weighted by Crippen LogP contribution is -2.26. The van der Waals surface area contributed by atoms with E-state index in [0.29, 0.717) is 5.69 Å². The fourth-order valence-electron chi connectivity index (χ4n) is 0.898. The Balaban J connectivity index is 2.94. The Kier molecular flexibility index (Phi) is 2.61. The van der Waals surface area contributed by atoms with E-state index in [4.69, 9.17) is 15.7 Å². The first-order valence-electron chi connectivity index (χ1n) is 4.10. The largest absolute Gasteiger partial charge is 0.470 e. The van der Waals surface area contributed by atoms with Gasteiger partial charge in [0, 0.05) is 11.8 Å². The van der Waals surface area contributed by atoms with Crippen LogP contribution in [0.2, 0.25) is 0 Å². The summed E-state index contributed by atoms with van der Waals surface area (Å²) in [7, 11) is 0. The minimum Gasteiger partial charge on any atom is -0.470 e. The SMILES string of the molecule is CC(C)(C#N)Oc1ccc(N)cc1F. The second kappa shape index (κ2) is 3.54. The molecule has 1 aromatic carbocycles. The Bertz CT molecular complexity index is 382. The van der Waals surface area contributed by atoms with Crippen LogP contribution < -0.4 is 10.5 Å². The van der Waals surface area contributed by atoms with Crippen molar-refractivity contribution in [3.05, 3.63) is 24.0 Å². The van der Waals surface area contributed by atoms with E-state index < -0.39 is 11.4 Å². The number of nitriles is 1. The van der Waals surface area contributed by atoms with Crippen molar-refractivity contribution in [2.45, 2.75) is 19.4 Å². The highest BCUT2D eigenvalue weighted by molar-refractivity contribution is 5.43. The number of benzene rings is 1. The molecule has 0 atom stereocenters. The van der Waals surface area contributed by atoms with Gasteiger partial charge in [0.05, 0.1) is 0 Å². The molecule has 3 nitrogen and oxygen atoms in total. The summed E-state index contributed by atoms with van der Waals surface area (Å²) in [6.45, 7) is 3.12. The molecule has 2 N–H and O–H groups in total. The number of ether oxygens (including phenoxy) is 1. The first kappa shape index (κ1) is 10.3. The minimum absolute atomic E-state index is 0.0331. The van der Waals surface area contributed by atoms with Crippen LogP contribution in [0.15, 0.2) is 18.2 Å². The molecule has 1 aromatic rings. The van der Waals surface area contributed by atoms with Crippen LogP contribution in [0.1, 0.15) is 13.8 Å². The fraction of sp³-hybridized carbons (Fsp3) is 0.300. The molecule has 14 heavy (non-hydrogen) atoms. The van der Waals surface area contributed by atoms with Crippen molar-refractivity contribution >= 4 is 5.69 Å². The average molecular weight is 194 g/mol. The van der Waals surface area contributed by atoms with Crippen molar-refractivity contribution in [2.24, 2.45) is 0 Å². The zero-order chi connectivity index (χ0) is 10.8. The number of nitrogen functional groups attached to an aromatic ring is 1. The molecule has 0 amide bonds. The van der Waals surface area contributed by atoms with Crippen molar-refractivity contribution in [3.8, 4) is 11.8 Å². The Morgan fingerprint density at radius 2 is 2.14 bits per heavy atom. The molecule has 0 saturated heterocycles. The highest BCUT2D eigenvalue weighted by Gasteiger charge is 2.20. The van der Waals surface area contributed by atoms with Gasteiger partial charge in [0.2, 0.25) is 0 Å². The quantitative estimate of drug-likeness (QED) is 0.733. The number of halogens is 1. The molecule has 0 aliphatic heterocycles. The van der Waals surface area contributed by atoms with E-state index in [2.05, 4.69) is 0 Å². The molecular formula is C10H11FN2O. The standard InChI is InChI=1S/C10H11FN2O/c1-10(2,6-12)14-9-4-3-7(13)5-8(9)11/h3-5H,13H2,1-2H3. The van der Waals surface area contributed by atoms with Crippen LogP contribution in [0.25, 0.3) is 0 Å². The molecule has 0 radical (unpaired) electrons. The van der Waals surface area contributed by atoms with E-state index in [0.717, 1.165) is 6.07 Å². The highest BCUT2D eigenvalue weighted by atomic mass is 19.1. The summed E-state index contributed by atoms with van der Waals surface area (Å²) in [6, 6.07) is 5.99. The lowest BCUT2D eigenvalue weighted by Gasteiger charge is -2.18. The second-order valence-electron chi connectivity index (χ2n) is 3.41. The number of anilines is 1. The summed E-state index contributed by atoms with van der Waals surface area (Å²) in [5.74, 6) is -0.529. The highest BCUT2D eigenvalue weighted by Crippen LogP contribution is 2.23. The molecule has 1 rings (SSSR count). The van der Waals surface area contributed by atoms with Gasteiger partial charge in [-0.15, -0.1) is 0 Å². The average Bonchev–Trinajstić information content (AvgIpc) is 2.10. The Hall–Kier alpha value is -1.76. The smallest absolute Gasteiger partial charge is 0.188 e. The zero-order valence-corrected chi connectivity index (χ0v) is 8.04. The number of rotatable bonds is 2. The Morgan fingerprint density at radius 3 is 2.64 bits per heavy atom. The summed E-state index contributed by atoms with van der Waals surface area (Å²) in [6.07, 6.45) is 0. The van der Waals surface area contributed by atoms with Crippen LogP contribution >= 0.6 is 0 Å². The molecule has 0 fully saturated rings. The molecule has 0 heterocycles. The first-order chi connectivity index (χ1) is 6.44. The topological polar surface area (TPSA) is 59.0 Å². The molecule has 0 aliphatic carbocycles. The van der Waals surface area contributed by atoms with Crippen molar-refractivity contribution < 1.29 is 9.13 Å². The van der Waals surface area contributed by atoms with Crippen LogP contribution in [0, 0.1) is 17.1 Å². The van der Waals surface area contributed by atoms with Gasteiger partial charge in [-0.1, -0.05) is 0 Å². The van der Waals surface area contributed by atoms with Gasteiger partial charge >= 0.3 is 0 Å². The predicted molar refractivity (Wildman–Crippen MR) is 51.1 cm³/mol. The maximum absolute atomic E-state index is 13.2. The summed E-state index contributed by atoms with van der Waals surface area (Å²) in [5.41, 5.74) is 4.64. The molecule has 0 aromatic heterocycles. The van der Waals surface area contributed by atoms with Gasteiger partial charge in [-0.25, -0.2) is 4.39 Å². The van der Waals surface area contributed by atoms with Crippen LogP contribution in [0.3, 0.4) is 0 Å². The number of nitrogens with two attached hydrogens (primary N) is 1. The van der Waals surface area contributed by atoms with Crippen molar-refractivity contribution in [1.29, 1.82) is 5.26 Å². The van der Waals surface area contributed by atoms with Gasteiger partial charge in [-0.2, -0.15) is 5.26 Å². The van der Waals surface area contributed by atoms with Crippen LogP contribution in [-0.2, 0) is 0 Å². The molecule has 0 bridgehead atoms. The van der Waals surface area contributed by atoms with Crippen LogP contribution in [0.5, 0.6) is 5.75 Å². The Morgan fingerprint density at radius 1 is 1.50 bits per heavy atom. The maximum atomic E-state index is 13.2. The number of hydrogen-bond donors (Lipinski definition) is 1. The van der Waals surface area contributed by atoms with Gasteiger partial charge in [0.15, 0.2) is 17.2 Å². The maximum Gasteiger partial charge on any atom is 0.188 e. The minimum atomic E-state index is -1.04. The normalized spacial score (nSPS) is 10.7. The summed E-state index contributed by atoms with van der Waals surface area (Å²) in [5, 5.41) is 8.68. The molecule has 0 saturated carbocycles. The number of hydrogen-bond acceptors (Lipinski definition) is 3. The third-order valence-electron chi connectivity index (χ3n) is 1.59. The molecular weight excluding hydrogens is 183 g/mol. The van der Waals surface area contributed by atoms with E-state index in [1.165, 1.54) is 12.1 Å². The fourth-order valence-corrected chi connectivity index (χ4v) is 0.898. The van der Waals surface area contributed by atoms with E-state index in [9.17, 15) is 4.39 Å². The van der Waals surface area contributed by atoms with E-state index in [-0.39, 0.29) is 5.75 Å². The van der Waals surface area contributed by atoms with Crippen molar-refractivity contribution in [3.63, 3.8) is 0 Å². The summed E-state index contributed by atoms with van der Waals surface area (Å²) < 4.78 is 18.3. The first-order valence-corrected chi connectivity index (χ1v) is 4.10. The van der Waals surface area contributed by atoms with Crippen LogP contribution in [0.4, 0.5) is 10.1 Å². The predicted octanol–water partition coefficient (Wildman–Crippen LogP) is 2.09. The van der Waals surface area contributed by atoms with Crippen molar-refractivity contribution in [2.75, 3.05) is 5.73 Å². The molecule has 0 aliphatic rings. The summed E-state index contributed by atoms with van der Waals surface area (Å²) >= 11 is 0. The zero-order valence-electron chi connectivity index (χ0n) is 8.04. The van der Waals surface area contributed by atoms with Crippen LogP contribution in [-0.4, -0.2) is 5.60 Å². The van der Waals surface area contributed by atoms with Crippen molar-refractivity contribution in [1.82, 2.24) is 0 Å². The van der Waals surface area contributed by atoms with E-state index in [1.54, 1.807) is 13.8 Å². The molecule has 0 unspecified atom stereocenters. The second-order valence-corrected chi connectivity index (χ2v) is 3.41. The molecule has 0 spiro atoms.